The summed E-state index contributed by atoms with van der Waals surface area (Å²) < 4.78 is 22.1. The zero-order valence-corrected chi connectivity index (χ0v) is 16.1. The Morgan fingerprint density at radius 3 is 2.53 bits per heavy atom. The number of halogens is 1. The summed E-state index contributed by atoms with van der Waals surface area (Å²) in [6.07, 6.45) is 3.39. The molecule has 0 atom stereocenters. The number of benzene rings is 2. The van der Waals surface area contributed by atoms with Crippen molar-refractivity contribution in [1.29, 1.82) is 0 Å². The van der Waals surface area contributed by atoms with Crippen LogP contribution in [-0.4, -0.2) is 19.2 Å². The SMILES string of the molecule is Cc1oc(-c2ccccc2)nc1Cn1ccn2nc(-c3ccc(F)cc3)cc2c1=O. The van der Waals surface area contributed by atoms with Gasteiger partial charge >= 0.3 is 0 Å². The summed E-state index contributed by atoms with van der Waals surface area (Å²) in [4.78, 5) is 17.6. The van der Waals surface area contributed by atoms with Crippen molar-refractivity contribution in [1.82, 2.24) is 19.2 Å². The monoisotopic (exact) mass is 400 g/mol. The third-order valence-electron chi connectivity index (χ3n) is 4.98. The van der Waals surface area contributed by atoms with E-state index < -0.39 is 0 Å². The van der Waals surface area contributed by atoms with E-state index in [1.807, 2.05) is 37.3 Å². The first-order valence-corrected chi connectivity index (χ1v) is 9.45. The van der Waals surface area contributed by atoms with E-state index in [2.05, 4.69) is 10.1 Å². The van der Waals surface area contributed by atoms with Crippen LogP contribution in [0.5, 0.6) is 0 Å². The minimum absolute atomic E-state index is 0.193. The Hall–Kier alpha value is -4.00. The summed E-state index contributed by atoms with van der Waals surface area (Å²) in [5.41, 5.74) is 3.16. The van der Waals surface area contributed by atoms with Gasteiger partial charge in [0.25, 0.3) is 5.56 Å². The standard InChI is InChI=1S/C23H17FN4O2/c1-15-20(25-22(30-15)17-5-3-2-4-6-17)14-27-11-12-28-21(23(27)29)13-19(26-28)16-7-9-18(24)10-8-16/h2-13H,14H2,1H3. The molecule has 0 unspecified atom stereocenters. The van der Waals surface area contributed by atoms with Crippen molar-refractivity contribution in [3.05, 3.63) is 101 Å². The molecule has 5 aromatic rings. The molecule has 0 fully saturated rings. The Morgan fingerprint density at radius 1 is 1.00 bits per heavy atom. The fourth-order valence-electron chi connectivity index (χ4n) is 3.35. The van der Waals surface area contributed by atoms with E-state index in [9.17, 15) is 9.18 Å². The number of hydrogen-bond acceptors (Lipinski definition) is 4. The first-order valence-electron chi connectivity index (χ1n) is 9.45. The summed E-state index contributed by atoms with van der Waals surface area (Å²) in [5.74, 6) is 0.879. The van der Waals surface area contributed by atoms with Crippen LogP contribution in [0.15, 0.2) is 82.3 Å². The van der Waals surface area contributed by atoms with E-state index in [0.29, 0.717) is 28.6 Å². The van der Waals surface area contributed by atoms with Gasteiger partial charge in [0.05, 0.1) is 12.2 Å². The third-order valence-corrected chi connectivity index (χ3v) is 4.98. The second kappa shape index (κ2) is 7.11. The van der Waals surface area contributed by atoms with E-state index in [1.165, 1.54) is 16.6 Å². The minimum atomic E-state index is -0.317. The van der Waals surface area contributed by atoms with Gasteiger partial charge in [-0.1, -0.05) is 18.2 Å². The summed E-state index contributed by atoms with van der Waals surface area (Å²) in [6, 6.07) is 17.4. The Kier molecular flexibility index (Phi) is 4.28. The maximum atomic E-state index is 13.2. The summed E-state index contributed by atoms with van der Waals surface area (Å²) in [7, 11) is 0. The molecule has 0 aliphatic carbocycles. The molecular weight excluding hydrogens is 383 g/mol. The first-order chi connectivity index (χ1) is 14.6. The maximum absolute atomic E-state index is 13.2. The number of fused-ring (bicyclic) bond motifs is 1. The lowest BCUT2D eigenvalue weighted by Crippen LogP contribution is -2.22. The van der Waals surface area contributed by atoms with Gasteiger partial charge in [0.15, 0.2) is 0 Å². The molecule has 0 bridgehead atoms. The van der Waals surface area contributed by atoms with Crippen LogP contribution in [0.1, 0.15) is 11.5 Å². The number of aromatic nitrogens is 4. The Bertz CT molecular complexity index is 1400. The zero-order chi connectivity index (χ0) is 20.7. The molecule has 0 amide bonds. The number of aryl methyl sites for hydroxylation is 1. The van der Waals surface area contributed by atoms with Gasteiger partial charge in [-0.3, -0.25) is 4.79 Å². The van der Waals surface area contributed by atoms with Crippen molar-refractivity contribution in [2.75, 3.05) is 0 Å². The molecule has 0 spiro atoms. The molecule has 0 aliphatic rings. The van der Waals surface area contributed by atoms with Gasteiger partial charge < -0.3 is 8.98 Å². The maximum Gasteiger partial charge on any atom is 0.276 e. The van der Waals surface area contributed by atoms with Gasteiger partial charge in [0, 0.05) is 23.5 Å². The van der Waals surface area contributed by atoms with Gasteiger partial charge in [-0.25, -0.2) is 13.9 Å². The fourth-order valence-corrected chi connectivity index (χ4v) is 3.35. The molecule has 0 aliphatic heterocycles. The smallest absolute Gasteiger partial charge is 0.276 e. The Balaban J connectivity index is 1.50. The molecule has 148 valence electrons. The summed E-state index contributed by atoms with van der Waals surface area (Å²) in [5, 5.41) is 4.43. The summed E-state index contributed by atoms with van der Waals surface area (Å²) in [6.45, 7) is 2.12. The topological polar surface area (TPSA) is 65.3 Å². The predicted octanol–water partition coefficient (Wildman–Crippen LogP) is 4.31. The van der Waals surface area contributed by atoms with Crippen LogP contribution in [0.3, 0.4) is 0 Å². The van der Waals surface area contributed by atoms with Gasteiger partial charge in [0.2, 0.25) is 5.89 Å². The molecule has 30 heavy (non-hydrogen) atoms. The fraction of sp³-hybridized carbons (Fsp3) is 0.0870. The van der Waals surface area contributed by atoms with Crippen LogP contribution >= 0.6 is 0 Å². The zero-order valence-electron chi connectivity index (χ0n) is 16.1. The molecule has 0 N–H and O–H groups in total. The first kappa shape index (κ1) is 18.1. The van der Waals surface area contributed by atoms with Crippen molar-refractivity contribution in [3.8, 4) is 22.7 Å². The number of hydrogen-bond donors (Lipinski definition) is 0. The average Bonchev–Trinajstić information content (AvgIpc) is 3.36. The van der Waals surface area contributed by atoms with Gasteiger partial charge in [0.1, 0.15) is 22.8 Å². The molecule has 7 heteroatoms. The van der Waals surface area contributed by atoms with Crippen LogP contribution in [0.4, 0.5) is 4.39 Å². The number of oxazole rings is 1. The highest BCUT2D eigenvalue weighted by atomic mass is 19.1. The van der Waals surface area contributed by atoms with Crippen molar-refractivity contribution in [3.63, 3.8) is 0 Å². The second-order valence-electron chi connectivity index (χ2n) is 6.99. The van der Waals surface area contributed by atoms with Crippen LogP contribution in [0.25, 0.3) is 28.2 Å². The molecule has 2 aromatic carbocycles. The van der Waals surface area contributed by atoms with E-state index in [-0.39, 0.29) is 17.9 Å². The average molecular weight is 400 g/mol. The van der Waals surface area contributed by atoms with E-state index in [1.54, 1.807) is 35.2 Å². The van der Waals surface area contributed by atoms with Crippen LogP contribution in [0.2, 0.25) is 0 Å². The molecule has 3 heterocycles. The highest BCUT2D eigenvalue weighted by Gasteiger charge is 2.14. The van der Waals surface area contributed by atoms with Gasteiger partial charge in [-0.15, -0.1) is 0 Å². The number of rotatable bonds is 4. The normalized spacial score (nSPS) is 11.3. The van der Waals surface area contributed by atoms with Crippen molar-refractivity contribution in [2.24, 2.45) is 0 Å². The van der Waals surface area contributed by atoms with Crippen molar-refractivity contribution >= 4 is 5.52 Å². The van der Waals surface area contributed by atoms with E-state index in [4.69, 9.17) is 4.42 Å². The quantitative estimate of drug-likeness (QED) is 0.451. The molecule has 0 saturated carbocycles. The van der Waals surface area contributed by atoms with Crippen LogP contribution in [0, 0.1) is 12.7 Å². The van der Waals surface area contributed by atoms with Crippen molar-refractivity contribution in [2.45, 2.75) is 13.5 Å². The second-order valence-corrected chi connectivity index (χ2v) is 6.99. The molecular formula is C23H17FN4O2. The number of nitrogens with zero attached hydrogens (tertiary/aromatic N) is 4. The lowest BCUT2D eigenvalue weighted by molar-refractivity contribution is 0.537. The molecule has 0 saturated heterocycles. The minimum Gasteiger partial charge on any atom is -0.441 e. The van der Waals surface area contributed by atoms with Gasteiger partial charge in [-0.2, -0.15) is 5.10 Å². The Labute approximate surface area is 170 Å². The molecule has 0 radical (unpaired) electrons. The van der Waals surface area contributed by atoms with Crippen LogP contribution in [-0.2, 0) is 6.54 Å². The molecule has 6 nitrogen and oxygen atoms in total. The molecule has 3 aromatic heterocycles. The molecule has 5 rings (SSSR count). The van der Waals surface area contributed by atoms with E-state index in [0.717, 1.165) is 11.1 Å². The Morgan fingerprint density at radius 2 is 1.77 bits per heavy atom. The summed E-state index contributed by atoms with van der Waals surface area (Å²) >= 11 is 0. The van der Waals surface area contributed by atoms with Crippen LogP contribution < -0.4 is 5.56 Å². The largest absolute Gasteiger partial charge is 0.441 e. The lowest BCUT2D eigenvalue weighted by atomic mass is 10.1. The highest BCUT2D eigenvalue weighted by molar-refractivity contribution is 5.65. The predicted molar refractivity (Wildman–Crippen MR) is 111 cm³/mol. The highest BCUT2D eigenvalue weighted by Crippen LogP contribution is 2.22. The van der Waals surface area contributed by atoms with E-state index >= 15 is 0 Å². The van der Waals surface area contributed by atoms with Gasteiger partial charge in [-0.05, 0) is 49.4 Å². The lowest BCUT2D eigenvalue weighted by Gasteiger charge is -2.03. The van der Waals surface area contributed by atoms with Crippen molar-refractivity contribution < 1.29 is 8.81 Å². The third kappa shape index (κ3) is 3.20.